The quantitative estimate of drug-likeness (QED) is 0.457. The molecule has 0 atom stereocenters. The second-order valence-electron chi connectivity index (χ2n) is 7.01. The summed E-state index contributed by atoms with van der Waals surface area (Å²) < 4.78 is 5.12. The predicted molar refractivity (Wildman–Crippen MR) is 112 cm³/mol. The number of carbonyl (C=O) groups is 2. The molecule has 5 heteroatoms. The maximum absolute atomic E-state index is 13.0. The Morgan fingerprint density at radius 1 is 0.966 bits per heavy atom. The zero-order valence-corrected chi connectivity index (χ0v) is 17.1. The Balaban J connectivity index is 1.81. The number of ketones is 1. The number of rotatable bonds is 8. The molecular weight excluding hydrogens is 364 g/mol. The van der Waals surface area contributed by atoms with E-state index in [0.717, 1.165) is 11.1 Å². The van der Waals surface area contributed by atoms with E-state index < -0.39 is 5.97 Å². The lowest BCUT2D eigenvalue weighted by Gasteiger charge is -2.16. The van der Waals surface area contributed by atoms with E-state index in [2.05, 4.69) is 29.2 Å². The fourth-order valence-electron chi connectivity index (χ4n) is 3.65. The van der Waals surface area contributed by atoms with Crippen LogP contribution >= 0.6 is 0 Å². The molecule has 0 saturated carbocycles. The SMILES string of the molecule is CCOC(=O)c1c(C)[nH]c(C(=O)C[NH2+]C(c2ccccc2)c2ccccc2)c1C. The number of quaternary nitrogens is 1. The Kier molecular flexibility index (Phi) is 6.62. The lowest BCUT2D eigenvalue weighted by molar-refractivity contribution is -0.675. The summed E-state index contributed by atoms with van der Waals surface area (Å²) in [5, 5.41) is 2.03. The standard InChI is InChI=1S/C24H26N2O3/c1-4-29-24(28)21-16(2)22(26-17(21)3)20(27)15-25-23(18-11-7-5-8-12-18)19-13-9-6-10-14-19/h5-14,23,25-26H,4,15H2,1-3H3/p+1. The third kappa shape index (κ3) is 4.63. The number of aromatic amines is 1. The van der Waals surface area contributed by atoms with Crippen LogP contribution in [-0.2, 0) is 4.74 Å². The monoisotopic (exact) mass is 391 g/mol. The normalized spacial score (nSPS) is 10.9. The first kappa shape index (κ1) is 20.6. The molecule has 150 valence electrons. The lowest BCUT2D eigenvalue weighted by atomic mass is 9.98. The van der Waals surface area contributed by atoms with Crippen LogP contribution in [0.25, 0.3) is 0 Å². The summed E-state index contributed by atoms with van der Waals surface area (Å²) in [5.74, 6) is -0.439. The summed E-state index contributed by atoms with van der Waals surface area (Å²) in [6, 6.07) is 20.3. The first-order chi connectivity index (χ1) is 14.0. The molecule has 2 aromatic carbocycles. The molecule has 0 aliphatic heterocycles. The predicted octanol–water partition coefficient (Wildman–Crippen LogP) is 3.34. The average Bonchev–Trinajstić information content (AvgIpc) is 3.04. The van der Waals surface area contributed by atoms with Crippen molar-refractivity contribution in [3.63, 3.8) is 0 Å². The van der Waals surface area contributed by atoms with Gasteiger partial charge in [0.1, 0.15) is 12.6 Å². The highest BCUT2D eigenvalue weighted by molar-refractivity contribution is 6.01. The molecule has 0 saturated heterocycles. The molecule has 0 radical (unpaired) electrons. The summed E-state index contributed by atoms with van der Waals surface area (Å²) in [7, 11) is 0. The summed E-state index contributed by atoms with van der Waals surface area (Å²) in [5.41, 5.74) is 4.51. The Morgan fingerprint density at radius 2 is 1.52 bits per heavy atom. The molecule has 29 heavy (non-hydrogen) atoms. The molecule has 1 heterocycles. The molecule has 0 aliphatic rings. The number of nitrogens with two attached hydrogens (primary N) is 1. The van der Waals surface area contributed by atoms with Crippen molar-refractivity contribution in [2.45, 2.75) is 26.8 Å². The summed E-state index contributed by atoms with van der Waals surface area (Å²) in [6.45, 7) is 5.90. The number of H-pyrrole nitrogens is 1. The van der Waals surface area contributed by atoms with Crippen molar-refractivity contribution >= 4 is 11.8 Å². The zero-order chi connectivity index (χ0) is 20.8. The molecule has 0 unspecified atom stereocenters. The number of aryl methyl sites for hydroxylation is 1. The highest BCUT2D eigenvalue weighted by atomic mass is 16.5. The van der Waals surface area contributed by atoms with Crippen LogP contribution in [0.4, 0.5) is 0 Å². The van der Waals surface area contributed by atoms with Gasteiger partial charge in [-0.15, -0.1) is 0 Å². The van der Waals surface area contributed by atoms with E-state index in [-0.39, 0.29) is 18.4 Å². The number of esters is 1. The first-order valence-electron chi connectivity index (χ1n) is 9.85. The van der Waals surface area contributed by atoms with Gasteiger partial charge < -0.3 is 15.0 Å². The summed E-state index contributed by atoms with van der Waals surface area (Å²) >= 11 is 0. The topological polar surface area (TPSA) is 75.8 Å². The largest absolute Gasteiger partial charge is 0.462 e. The number of aromatic nitrogens is 1. The van der Waals surface area contributed by atoms with E-state index in [4.69, 9.17) is 4.74 Å². The van der Waals surface area contributed by atoms with Gasteiger partial charge in [-0.05, 0) is 26.3 Å². The van der Waals surface area contributed by atoms with Crippen LogP contribution in [0.15, 0.2) is 60.7 Å². The second kappa shape index (κ2) is 9.34. The van der Waals surface area contributed by atoms with Gasteiger partial charge in [-0.2, -0.15) is 0 Å². The van der Waals surface area contributed by atoms with Crippen LogP contribution in [0.3, 0.4) is 0 Å². The number of nitrogens with one attached hydrogen (secondary N) is 1. The van der Waals surface area contributed by atoms with Gasteiger partial charge in [0.2, 0.25) is 5.78 Å². The molecule has 3 N–H and O–H groups in total. The van der Waals surface area contributed by atoms with E-state index in [1.54, 1.807) is 20.8 Å². The van der Waals surface area contributed by atoms with Crippen LogP contribution in [0.5, 0.6) is 0 Å². The number of hydrogen-bond donors (Lipinski definition) is 2. The van der Waals surface area contributed by atoms with E-state index in [1.807, 2.05) is 41.7 Å². The highest BCUT2D eigenvalue weighted by Gasteiger charge is 2.25. The first-order valence-corrected chi connectivity index (χ1v) is 9.85. The van der Waals surface area contributed by atoms with Crippen LogP contribution in [0.1, 0.15) is 56.2 Å². The van der Waals surface area contributed by atoms with Crippen molar-refractivity contribution in [1.82, 2.24) is 4.98 Å². The molecular formula is C24H27N2O3+. The maximum Gasteiger partial charge on any atom is 0.340 e. The van der Waals surface area contributed by atoms with E-state index >= 15 is 0 Å². The molecule has 0 fully saturated rings. The van der Waals surface area contributed by atoms with Gasteiger partial charge in [0.25, 0.3) is 0 Å². The Morgan fingerprint density at radius 3 is 2.03 bits per heavy atom. The van der Waals surface area contributed by atoms with E-state index in [9.17, 15) is 9.59 Å². The number of carbonyl (C=O) groups excluding carboxylic acids is 2. The van der Waals surface area contributed by atoms with Gasteiger partial charge in [0, 0.05) is 16.8 Å². The summed E-state index contributed by atoms with van der Waals surface area (Å²) in [6.07, 6.45) is 0. The minimum absolute atomic E-state index is 0.0160. The molecule has 5 nitrogen and oxygen atoms in total. The van der Waals surface area contributed by atoms with Crippen LogP contribution in [-0.4, -0.2) is 29.9 Å². The van der Waals surface area contributed by atoms with Crippen molar-refractivity contribution in [2.24, 2.45) is 0 Å². The van der Waals surface area contributed by atoms with Crippen molar-refractivity contribution in [3.8, 4) is 0 Å². The lowest BCUT2D eigenvalue weighted by Crippen LogP contribution is -2.87. The van der Waals surface area contributed by atoms with Gasteiger partial charge in [-0.25, -0.2) is 4.79 Å². The average molecular weight is 391 g/mol. The number of ether oxygens (including phenoxy) is 1. The van der Waals surface area contributed by atoms with Gasteiger partial charge >= 0.3 is 5.97 Å². The summed E-state index contributed by atoms with van der Waals surface area (Å²) in [4.78, 5) is 28.2. The van der Waals surface area contributed by atoms with Gasteiger partial charge in [0.05, 0.1) is 17.9 Å². The van der Waals surface area contributed by atoms with Crippen molar-refractivity contribution in [2.75, 3.05) is 13.2 Å². The Hall–Kier alpha value is -3.18. The van der Waals surface area contributed by atoms with Gasteiger partial charge in [-0.3, -0.25) is 4.79 Å². The van der Waals surface area contributed by atoms with Crippen molar-refractivity contribution < 1.29 is 19.6 Å². The van der Waals surface area contributed by atoms with E-state index in [1.165, 1.54) is 0 Å². The van der Waals surface area contributed by atoms with Crippen LogP contribution < -0.4 is 5.32 Å². The van der Waals surface area contributed by atoms with Gasteiger partial charge in [-0.1, -0.05) is 60.7 Å². The fraction of sp³-hybridized carbons (Fsp3) is 0.250. The number of hydrogen-bond acceptors (Lipinski definition) is 3. The van der Waals surface area contributed by atoms with Crippen molar-refractivity contribution in [3.05, 3.63) is 94.3 Å². The molecule has 3 rings (SSSR count). The van der Waals surface area contributed by atoms with Crippen molar-refractivity contribution in [1.29, 1.82) is 0 Å². The number of benzene rings is 2. The van der Waals surface area contributed by atoms with Gasteiger partial charge in [0.15, 0.2) is 0 Å². The Labute approximate surface area is 171 Å². The third-order valence-electron chi connectivity index (χ3n) is 5.05. The molecule has 0 aliphatic carbocycles. The zero-order valence-electron chi connectivity index (χ0n) is 17.1. The molecule has 1 aromatic heterocycles. The van der Waals surface area contributed by atoms with Crippen LogP contribution in [0, 0.1) is 13.8 Å². The highest BCUT2D eigenvalue weighted by Crippen LogP contribution is 2.20. The Bertz CT molecular complexity index is 939. The fourth-order valence-corrected chi connectivity index (χ4v) is 3.65. The minimum Gasteiger partial charge on any atom is -0.462 e. The smallest absolute Gasteiger partial charge is 0.340 e. The third-order valence-corrected chi connectivity index (χ3v) is 5.05. The second-order valence-corrected chi connectivity index (χ2v) is 7.01. The minimum atomic E-state index is -0.395. The van der Waals surface area contributed by atoms with Crippen LogP contribution in [0.2, 0.25) is 0 Å². The molecule has 0 spiro atoms. The molecule has 0 bridgehead atoms. The molecule has 3 aromatic rings. The maximum atomic E-state index is 13.0. The number of Topliss-reactive ketones (excluding diaryl/α,β-unsaturated/α-hetero) is 1. The molecule has 0 amide bonds. The van der Waals surface area contributed by atoms with E-state index in [0.29, 0.717) is 29.1 Å².